The zero-order valence-corrected chi connectivity index (χ0v) is 10.8. The fraction of sp³-hybridized carbons (Fsp3) is 0.615. The van der Waals surface area contributed by atoms with Gasteiger partial charge in [-0.2, -0.15) is 0 Å². The fourth-order valence-electron chi connectivity index (χ4n) is 2.00. The van der Waals surface area contributed by atoms with Crippen LogP contribution in [-0.2, 0) is 16.1 Å². The normalized spacial score (nSPS) is 16.6. The van der Waals surface area contributed by atoms with E-state index in [1.807, 2.05) is 23.0 Å². The van der Waals surface area contributed by atoms with Gasteiger partial charge in [0, 0.05) is 32.1 Å². The van der Waals surface area contributed by atoms with Gasteiger partial charge in [0.25, 0.3) is 0 Å². The van der Waals surface area contributed by atoms with Gasteiger partial charge in [-0.3, -0.25) is 4.79 Å². The van der Waals surface area contributed by atoms with Crippen LogP contribution in [-0.4, -0.2) is 30.7 Å². The Morgan fingerprint density at radius 2 is 2.44 bits per heavy atom. The van der Waals surface area contributed by atoms with Crippen molar-refractivity contribution >= 4 is 5.91 Å². The van der Waals surface area contributed by atoms with Crippen LogP contribution in [0.25, 0.3) is 0 Å². The minimum Gasteiger partial charge on any atom is -0.383 e. The summed E-state index contributed by atoms with van der Waals surface area (Å²) in [5.74, 6) is 0.630. The van der Waals surface area contributed by atoms with Crippen LogP contribution >= 0.6 is 0 Å². The molecule has 1 unspecified atom stereocenters. The van der Waals surface area contributed by atoms with E-state index < -0.39 is 0 Å². The lowest BCUT2D eigenvalue weighted by atomic mass is 10.1. The lowest BCUT2D eigenvalue weighted by molar-refractivity contribution is -0.121. The van der Waals surface area contributed by atoms with E-state index in [4.69, 9.17) is 10.5 Å². The van der Waals surface area contributed by atoms with Gasteiger partial charge >= 0.3 is 0 Å². The molecular formula is C13H21N3O2. The third-order valence-electron chi connectivity index (χ3n) is 3.24. The van der Waals surface area contributed by atoms with Crippen LogP contribution in [0.3, 0.4) is 0 Å². The molecule has 1 saturated carbocycles. The van der Waals surface area contributed by atoms with Crippen molar-refractivity contribution in [1.82, 2.24) is 9.88 Å². The Bertz CT molecular complexity index is 399. The summed E-state index contributed by atoms with van der Waals surface area (Å²) < 4.78 is 6.75. The highest BCUT2D eigenvalue weighted by molar-refractivity contribution is 5.75. The molecule has 1 heterocycles. The number of aromatic nitrogens is 1. The summed E-state index contributed by atoms with van der Waals surface area (Å²) in [6.07, 6.45) is 6.33. The van der Waals surface area contributed by atoms with Gasteiger partial charge in [-0.25, -0.2) is 0 Å². The first-order chi connectivity index (χ1) is 8.70. The van der Waals surface area contributed by atoms with E-state index in [9.17, 15) is 4.79 Å². The van der Waals surface area contributed by atoms with Crippen molar-refractivity contribution in [2.75, 3.05) is 20.3 Å². The number of ether oxygens (including phenoxy) is 1. The number of carbonyl (C=O) groups excluding carboxylic acids is 1. The first-order valence-corrected chi connectivity index (χ1v) is 6.37. The van der Waals surface area contributed by atoms with E-state index in [1.54, 1.807) is 7.11 Å². The number of hydrogen-bond donors (Lipinski definition) is 2. The van der Waals surface area contributed by atoms with E-state index in [1.165, 1.54) is 12.8 Å². The highest BCUT2D eigenvalue weighted by Crippen LogP contribution is 2.39. The fourth-order valence-corrected chi connectivity index (χ4v) is 2.00. The average Bonchev–Trinajstić information content (AvgIpc) is 3.10. The third-order valence-corrected chi connectivity index (χ3v) is 3.24. The quantitative estimate of drug-likeness (QED) is 0.699. The molecule has 0 aliphatic heterocycles. The van der Waals surface area contributed by atoms with Crippen LogP contribution in [0.15, 0.2) is 18.5 Å². The molecule has 0 bridgehead atoms. The van der Waals surface area contributed by atoms with Gasteiger partial charge < -0.3 is 20.4 Å². The second-order valence-corrected chi connectivity index (χ2v) is 4.82. The molecule has 0 radical (unpaired) electrons. The van der Waals surface area contributed by atoms with E-state index >= 15 is 0 Å². The van der Waals surface area contributed by atoms with Crippen LogP contribution in [0, 0.1) is 5.92 Å². The third kappa shape index (κ3) is 3.58. The molecule has 1 aliphatic rings. The number of hydrogen-bond acceptors (Lipinski definition) is 3. The monoisotopic (exact) mass is 251 g/mol. The summed E-state index contributed by atoms with van der Waals surface area (Å²) in [4.78, 5) is 11.6. The molecule has 5 heteroatoms. The van der Waals surface area contributed by atoms with Gasteiger partial charge in [0.1, 0.15) is 6.54 Å². The largest absolute Gasteiger partial charge is 0.383 e. The molecule has 1 atom stereocenters. The maximum Gasteiger partial charge on any atom is 0.239 e. The Kier molecular flexibility index (Phi) is 4.38. The summed E-state index contributed by atoms with van der Waals surface area (Å²) in [6, 6.07) is 2.13. The summed E-state index contributed by atoms with van der Waals surface area (Å²) in [5.41, 5.74) is 7.24. The Balaban J connectivity index is 1.80. The van der Waals surface area contributed by atoms with Crippen LogP contribution in [0.1, 0.15) is 24.4 Å². The molecule has 1 aromatic heterocycles. The van der Waals surface area contributed by atoms with Crippen molar-refractivity contribution in [3.05, 3.63) is 24.0 Å². The van der Waals surface area contributed by atoms with Gasteiger partial charge in [0.2, 0.25) is 5.91 Å². The average molecular weight is 251 g/mol. The zero-order chi connectivity index (χ0) is 13.0. The zero-order valence-electron chi connectivity index (χ0n) is 10.8. The predicted octanol–water partition coefficient (Wildman–Crippen LogP) is 0.660. The maximum absolute atomic E-state index is 11.6. The molecule has 100 valence electrons. The highest BCUT2D eigenvalue weighted by atomic mass is 16.5. The lowest BCUT2D eigenvalue weighted by Crippen LogP contribution is -2.30. The van der Waals surface area contributed by atoms with Crippen LogP contribution in [0.5, 0.6) is 0 Å². The number of carbonyl (C=O) groups is 1. The van der Waals surface area contributed by atoms with Gasteiger partial charge in [-0.05, 0) is 30.4 Å². The van der Waals surface area contributed by atoms with Gasteiger partial charge in [-0.15, -0.1) is 0 Å². The van der Waals surface area contributed by atoms with Crippen molar-refractivity contribution in [3.8, 4) is 0 Å². The summed E-state index contributed by atoms with van der Waals surface area (Å²) in [5, 5.41) is 2.79. The smallest absolute Gasteiger partial charge is 0.239 e. The molecule has 2 rings (SSSR count). The Morgan fingerprint density at radius 3 is 3.11 bits per heavy atom. The van der Waals surface area contributed by atoms with Crippen molar-refractivity contribution in [1.29, 1.82) is 0 Å². The minimum atomic E-state index is -0.00538. The second-order valence-electron chi connectivity index (χ2n) is 4.82. The lowest BCUT2D eigenvalue weighted by Gasteiger charge is -2.08. The Morgan fingerprint density at radius 1 is 1.67 bits per heavy atom. The van der Waals surface area contributed by atoms with Crippen molar-refractivity contribution in [3.63, 3.8) is 0 Å². The molecule has 3 N–H and O–H groups in total. The SMILES string of the molecule is COCCNC(=O)Cn1ccc(C(N)C2CC2)c1. The topological polar surface area (TPSA) is 69.3 Å². The molecule has 1 aliphatic carbocycles. The maximum atomic E-state index is 11.6. The summed E-state index contributed by atoms with van der Waals surface area (Å²) in [7, 11) is 1.61. The second kappa shape index (κ2) is 6.02. The molecule has 0 aromatic carbocycles. The Hall–Kier alpha value is -1.33. The van der Waals surface area contributed by atoms with Crippen molar-refractivity contribution in [2.24, 2.45) is 11.7 Å². The first-order valence-electron chi connectivity index (χ1n) is 6.37. The molecular weight excluding hydrogens is 230 g/mol. The molecule has 5 nitrogen and oxygen atoms in total. The number of nitrogens with zero attached hydrogens (tertiary/aromatic N) is 1. The predicted molar refractivity (Wildman–Crippen MR) is 69.0 cm³/mol. The van der Waals surface area contributed by atoms with E-state index in [0.29, 0.717) is 25.6 Å². The van der Waals surface area contributed by atoms with Gasteiger partial charge in [0.05, 0.1) is 6.61 Å². The number of amides is 1. The number of nitrogens with one attached hydrogen (secondary N) is 1. The standard InChI is InChI=1S/C13H21N3O2/c1-18-7-5-15-12(17)9-16-6-4-11(8-16)13(14)10-2-3-10/h4,6,8,10,13H,2-3,5,7,9,14H2,1H3,(H,15,17). The molecule has 0 saturated heterocycles. The molecule has 1 fully saturated rings. The van der Waals surface area contributed by atoms with E-state index in [-0.39, 0.29) is 11.9 Å². The number of rotatable bonds is 7. The van der Waals surface area contributed by atoms with E-state index in [2.05, 4.69) is 5.32 Å². The van der Waals surface area contributed by atoms with E-state index in [0.717, 1.165) is 5.56 Å². The highest BCUT2D eigenvalue weighted by Gasteiger charge is 2.29. The number of nitrogens with two attached hydrogens (primary N) is 1. The van der Waals surface area contributed by atoms with Crippen molar-refractivity contribution < 1.29 is 9.53 Å². The summed E-state index contributed by atoms with van der Waals surface area (Å²) in [6.45, 7) is 1.42. The van der Waals surface area contributed by atoms with Crippen LogP contribution < -0.4 is 11.1 Å². The van der Waals surface area contributed by atoms with Crippen molar-refractivity contribution in [2.45, 2.75) is 25.4 Å². The molecule has 1 amide bonds. The van der Waals surface area contributed by atoms with Crippen LogP contribution in [0.4, 0.5) is 0 Å². The molecule has 1 aromatic rings. The first kappa shape index (κ1) is 13.1. The summed E-state index contributed by atoms with van der Waals surface area (Å²) >= 11 is 0. The van der Waals surface area contributed by atoms with Gasteiger partial charge in [-0.1, -0.05) is 0 Å². The molecule has 18 heavy (non-hydrogen) atoms. The Labute approximate surface area is 107 Å². The number of methoxy groups -OCH3 is 1. The minimum absolute atomic E-state index is 0.00538. The van der Waals surface area contributed by atoms with Gasteiger partial charge in [0.15, 0.2) is 0 Å². The molecule has 0 spiro atoms. The van der Waals surface area contributed by atoms with Crippen LogP contribution in [0.2, 0.25) is 0 Å².